The normalized spacial score (nSPS) is 13.2. The van der Waals surface area contributed by atoms with Gasteiger partial charge in [-0.25, -0.2) is 9.97 Å². The number of aromatic nitrogens is 3. The van der Waals surface area contributed by atoms with E-state index in [1.165, 1.54) is 55.1 Å². The molecule has 236 valence electrons. The molecule has 2 aromatic heterocycles. The number of hydrogen-bond donors (Lipinski definition) is 0. The minimum Gasteiger partial charge on any atom is -0.292 e. The Balaban J connectivity index is 1.15. The highest BCUT2D eigenvalue weighted by atomic mass is 15.1. The van der Waals surface area contributed by atoms with Crippen molar-refractivity contribution in [2.75, 3.05) is 0 Å². The Morgan fingerprint density at radius 3 is 2.12 bits per heavy atom. The Morgan fingerprint density at radius 1 is 0.520 bits per heavy atom. The molecule has 0 atom stereocenters. The number of hydrogen-bond acceptors (Lipinski definition) is 2. The molecule has 1 aliphatic carbocycles. The molecule has 0 spiro atoms. The minimum absolute atomic E-state index is 0.207. The fraction of sp³-hybridized carbons (Fsp3) is 0.0638. The van der Waals surface area contributed by atoms with Crippen molar-refractivity contribution in [3.63, 3.8) is 0 Å². The number of nitrogens with zero attached hydrogens (tertiary/aromatic N) is 3. The highest BCUT2D eigenvalue weighted by molar-refractivity contribution is 6.16. The highest BCUT2D eigenvalue weighted by Crippen LogP contribution is 2.54. The molecule has 7 aromatic carbocycles. The largest absolute Gasteiger partial charge is 0.292 e. The molecule has 0 amide bonds. The zero-order chi connectivity index (χ0) is 33.4. The Bertz CT molecular complexity index is 2770. The Kier molecular flexibility index (Phi) is 6.22. The SMILES string of the molecule is CC1(C)c2ccccc2-c2nc3ccc4ccccc4c3c(-c3cccc(-c4ccc(-c5nc6ccccc6n5-c5ccccc5)cc4)c3)c21. The van der Waals surface area contributed by atoms with Gasteiger partial charge in [0.2, 0.25) is 0 Å². The topological polar surface area (TPSA) is 30.7 Å². The lowest BCUT2D eigenvalue weighted by atomic mass is 9.77. The second-order valence-corrected chi connectivity index (χ2v) is 13.8. The zero-order valence-electron chi connectivity index (χ0n) is 27.9. The van der Waals surface area contributed by atoms with Crippen LogP contribution in [0, 0.1) is 0 Å². The quantitative estimate of drug-likeness (QED) is 0.179. The maximum absolute atomic E-state index is 5.38. The molecule has 0 bridgehead atoms. The summed E-state index contributed by atoms with van der Waals surface area (Å²) < 4.78 is 2.25. The molecule has 9 aromatic rings. The third-order valence-corrected chi connectivity index (χ3v) is 10.6. The standard InChI is InChI=1S/C47H33N3/c1-47(2)38-20-9-8-19-37(38)45-44(47)42(43-36-18-7-6-13-31(36)27-28-40(43)48-45)34-15-12-14-33(29-34)30-23-25-32(26-24-30)46-49-39-21-10-11-22-41(39)50(46)35-16-4-3-5-17-35/h3-29H,1-2H3. The van der Waals surface area contributed by atoms with Crippen LogP contribution < -0.4 is 0 Å². The molecule has 0 unspecified atom stereocenters. The van der Waals surface area contributed by atoms with Crippen LogP contribution in [0.2, 0.25) is 0 Å². The second kappa shape index (κ2) is 10.8. The zero-order valence-corrected chi connectivity index (χ0v) is 27.9. The summed E-state index contributed by atoms with van der Waals surface area (Å²) in [5, 5.41) is 3.68. The molecule has 3 heteroatoms. The number of pyridine rings is 1. The van der Waals surface area contributed by atoms with Crippen molar-refractivity contribution in [3.05, 3.63) is 175 Å². The van der Waals surface area contributed by atoms with Crippen molar-refractivity contribution in [3.8, 4) is 50.6 Å². The Hall–Kier alpha value is -6.32. The lowest BCUT2D eigenvalue weighted by Crippen LogP contribution is -2.16. The van der Waals surface area contributed by atoms with Crippen molar-refractivity contribution >= 4 is 32.7 Å². The molecule has 3 nitrogen and oxygen atoms in total. The lowest BCUT2D eigenvalue weighted by molar-refractivity contribution is 0.662. The van der Waals surface area contributed by atoms with E-state index >= 15 is 0 Å². The van der Waals surface area contributed by atoms with E-state index in [-0.39, 0.29) is 5.41 Å². The predicted octanol–water partition coefficient (Wildman–Crippen LogP) is 12.0. The summed E-state index contributed by atoms with van der Waals surface area (Å²) >= 11 is 0. The van der Waals surface area contributed by atoms with Crippen molar-refractivity contribution in [2.24, 2.45) is 0 Å². The van der Waals surface area contributed by atoms with Crippen LogP contribution in [-0.2, 0) is 5.41 Å². The number of para-hydroxylation sites is 3. The fourth-order valence-electron chi connectivity index (χ4n) is 8.22. The van der Waals surface area contributed by atoms with E-state index in [4.69, 9.17) is 9.97 Å². The molecule has 0 N–H and O–H groups in total. The van der Waals surface area contributed by atoms with Crippen LogP contribution in [0.5, 0.6) is 0 Å². The van der Waals surface area contributed by atoms with Gasteiger partial charge >= 0.3 is 0 Å². The summed E-state index contributed by atoms with van der Waals surface area (Å²) in [7, 11) is 0. The van der Waals surface area contributed by atoms with Gasteiger partial charge in [0.15, 0.2) is 0 Å². The van der Waals surface area contributed by atoms with Gasteiger partial charge in [-0.2, -0.15) is 0 Å². The Morgan fingerprint density at radius 2 is 1.24 bits per heavy atom. The van der Waals surface area contributed by atoms with Crippen LogP contribution in [0.4, 0.5) is 0 Å². The van der Waals surface area contributed by atoms with E-state index in [0.717, 1.165) is 39.3 Å². The third kappa shape index (κ3) is 4.23. The van der Waals surface area contributed by atoms with E-state index in [1.54, 1.807) is 0 Å². The molecule has 0 aliphatic heterocycles. The van der Waals surface area contributed by atoms with Gasteiger partial charge in [0, 0.05) is 27.6 Å². The molecule has 0 saturated heterocycles. The smallest absolute Gasteiger partial charge is 0.145 e. The van der Waals surface area contributed by atoms with E-state index in [1.807, 2.05) is 0 Å². The van der Waals surface area contributed by atoms with Crippen LogP contribution in [0.1, 0.15) is 25.0 Å². The first kappa shape index (κ1) is 28.7. The van der Waals surface area contributed by atoms with Gasteiger partial charge in [-0.3, -0.25) is 4.57 Å². The van der Waals surface area contributed by atoms with E-state index in [2.05, 4.69) is 182 Å². The van der Waals surface area contributed by atoms with Crippen LogP contribution >= 0.6 is 0 Å². The predicted molar refractivity (Wildman–Crippen MR) is 208 cm³/mol. The first-order chi connectivity index (χ1) is 24.6. The average molecular weight is 640 g/mol. The van der Waals surface area contributed by atoms with Crippen LogP contribution in [0.25, 0.3) is 83.3 Å². The maximum atomic E-state index is 5.38. The fourth-order valence-corrected chi connectivity index (χ4v) is 8.22. The van der Waals surface area contributed by atoms with Gasteiger partial charge in [-0.1, -0.05) is 141 Å². The summed E-state index contributed by atoms with van der Waals surface area (Å²) in [5.74, 6) is 0.935. The van der Waals surface area contributed by atoms with Gasteiger partial charge < -0.3 is 0 Å². The lowest BCUT2D eigenvalue weighted by Gasteiger charge is -2.26. The molecule has 0 fully saturated rings. The molecular weight excluding hydrogens is 607 g/mol. The second-order valence-electron chi connectivity index (χ2n) is 13.8. The molecule has 2 heterocycles. The van der Waals surface area contributed by atoms with Crippen molar-refractivity contribution in [1.29, 1.82) is 0 Å². The maximum Gasteiger partial charge on any atom is 0.145 e. The first-order valence-corrected chi connectivity index (χ1v) is 17.3. The van der Waals surface area contributed by atoms with Crippen molar-refractivity contribution in [2.45, 2.75) is 19.3 Å². The Labute approximate surface area is 291 Å². The monoisotopic (exact) mass is 639 g/mol. The van der Waals surface area contributed by atoms with E-state index in [0.29, 0.717) is 0 Å². The molecule has 50 heavy (non-hydrogen) atoms. The van der Waals surface area contributed by atoms with E-state index < -0.39 is 0 Å². The molecule has 0 radical (unpaired) electrons. The van der Waals surface area contributed by atoms with Crippen LogP contribution in [-0.4, -0.2) is 14.5 Å². The van der Waals surface area contributed by atoms with Crippen molar-refractivity contribution in [1.82, 2.24) is 14.5 Å². The summed E-state index contributed by atoms with van der Waals surface area (Å²) in [6.45, 7) is 4.70. The van der Waals surface area contributed by atoms with Gasteiger partial charge in [0.05, 0.1) is 22.2 Å². The summed E-state index contributed by atoms with van der Waals surface area (Å²) in [4.78, 5) is 10.5. The first-order valence-electron chi connectivity index (χ1n) is 17.3. The number of imidazole rings is 1. The van der Waals surface area contributed by atoms with Gasteiger partial charge in [-0.15, -0.1) is 0 Å². The van der Waals surface area contributed by atoms with Gasteiger partial charge in [0.25, 0.3) is 0 Å². The third-order valence-electron chi connectivity index (χ3n) is 10.6. The molecular formula is C47H33N3. The van der Waals surface area contributed by atoms with Crippen LogP contribution in [0.15, 0.2) is 164 Å². The summed E-state index contributed by atoms with van der Waals surface area (Å²) in [6, 6.07) is 58.7. The van der Waals surface area contributed by atoms with Gasteiger partial charge in [0.1, 0.15) is 5.82 Å². The van der Waals surface area contributed by atoms with E-state index in [9.17, 15) is 0 Å². The molecule has 1 aliphatic rings. The van der Waals surface area contributed by atoms with Crippen LogP contribution in [0.3, 0.4) is 0 Å². The highest BCUT2D eigenvalue weighted by Gasteiger charge is 2.39. The van der Waals surface area contributed by atoms with Crippen molar-refractivity contribution < 1.29 is 0 Å². The molecule has 10 rings (SSSR count). The molecule has 0 saturated carbocycles. The minimum atomic E-state index is -0.207. The summed E-state index contributed by atoms with van der Waals surface area (Å²) in [5.41, 5.74) is 14.9. The number of fused-ring (bicyclic) bond motifs is 7. The number of rotatable bonds is 4. The van der Waals surface area contributed by atoms with Gasteiger partial charge in [-0.05, 0) is 80.6 Å². The average Bonchev–Trinajstić information content (AvgIpc) is 3.67. The number of benzene rings is 7. The summed E-state index contributed by atoms with van der Waals surface area (Å²) in [6.07, 6.45) is 0.